The van der Waals surface area contributed by atoms with E-state index in [-0.39, 0.29) is 19.1 Å². The summed E-state index contributed by atoms with van der Waals surface area (Å²) in [7, 11) is 0. The van der Waals surface area contributed by atoms with E-state index < -0.39 is 18.2 Å². The van der Waals surface area contributed by atoms with Gasteiger partial charge in [-0.05, 0) is 0 Å². The second-order valence-electron chi connectivity index (χ2n) is 3.12. The van der Waals surface area contributed by atoms with Crippen LogP contribution in [-0.4, -0.2) is 58.4 Å². The Labute approximate surface area is 70.6 Å². The highest BCUT2D eigenvalue weighted by Crippen LogP contribution is 2.15. The van der Waals surface area contributed by atoms with Crippen LogP contribution < -0.4 is 5.32 Å². The molecule has 1 aliphatic rings. The average Bonchev–Trinajstić information content (AvgIpc) is 2.10. The minimum Gasteiger partial charge on any atom is -0.396 e. The van der Waals surface area contributed by atoms with Gasteiger partial charge in [0.25, 0.3) is 0 Å². The molecule has 0 aromatic heterocycles. The Balaban J connectivity index is 2.52. The first-order valence-electron chi connectivity index (χ1n) is 4.02. The highest BCUT2D eigenvalue weighted by molar-refractivity contribution is 4.91. The van der Waals surface area contributed by atoms with Crippen molar-refractivity contribution in [3.63, 3.8) is 0 Å². The summed E-state index contributed by atoms with van der Waals surface area (Å²) in [6, 6.07) is -0.484. The molecule has 5 N–H and O–H groups in total. The number of aliphatic hydroxyl groups is 4. The summed E-state index contributed by atoms with van der Waals surface area (Å²) in [5.74, 6) is -0.345. The SMILES string of the molecule is OC[C@H]1CN[C@H](CO)[C@@H](O)[C@@H]1O. The van der Waals surface area contributed by atoms with Crippen molar-refractivity contribution in [2.24, 2.45) is 5.92 Å². The maximum absolute atomic E-state index is 9.38. The van der Waals surface area contributed by atoms with Crippen molar-refractivity contribution in [1.82, 2.24) is 5.32 Å². The number of aliphatic hydroxyl groups excluding tert-OH is 4. The molecule has 0 radical (unpaired) electrons. The molecule has 5 nitrogen and oxygen atoms in total. The van der Waals surface area contributed by atoms with Crippen molar-refractivity contribution in [2.75, 3.05) is 19.8 Å². The quantitative estimate of drug-likeness (QED) is 0.316. The Morgan fingerprint density at radius 2 is 1.75 bits per heavy atom. The largest absolute Gasteiger partial charge is 0.396 e. The molecule has 0 aliphatic carbocycles. The molecule has 0 aromatic rings. The molecule has 0 unspecified atom stereocenters. The van der Waals surface area contributed by atoms with Gasteiger partial charge in [0.15, 0.2) is 0 Å². The Kier molecular flexibility index (Phi) is 3.42. The lowest BCUT2D eigenvalue weighted by molar-refractivity contribution is -0.0792. The first-order valence-corrected chi connectivity index (χ1v) is 4.02. The second kappa shape index (κ2) is 4.15. The van der Waals surface area contributed by atoms with Crippen molar-refractivity contribution in [2.45, 2.75) is 18.2 Å². The van der Waals surface area contributed by atoms with E-state index in [2.05, 4.69) is 5.32 Å². The predicted octanol–water partition coefficient (Wildman–Crippen LogP) is -2.72. The number of hydrogen-bond donors (Lipinski definition) is 5. The minimum absolute atomic E-state index is 0.163. The van der Waals surface area contributed by atoms with Crippen LogP contribution in [0, 0.1) is 5.92 Å². The summed E-state index contributed by atoms with van der Waals surface area (Å²) in [5, 5.41) is 39.1. The Hall–Kier alpha value is -0.200. The van der Waals surface area contributed by atoms with Gasteiger partial charge in [-0.25, -0.2) is 0 Å². The van der Waals surface area contributed by atoms with Gasteiger partial charge in [-0.15, -0.1) is 0 Å². The predicted molar refractivity (Wildman–Crippen MR) is 41.5 cm³/mol. The number of hydrogen-bond acceptors (Lipinski definition) is 5. The van der Waals surface area contributed by atoms with Crippen molar-refractivity contribution in [1.29, 1.82) is 0 Å². The van der Waals surface area contributed by atoms with Crippen molar-refractivity contribution < 1.29 is 20.4 Å². The van der Waals surface area contributed by atoms with E-state index in [0.29, 0.717) is 6.54 Å². The third-order valence-corrected chi connectivity index (χ3v) is 2.32. The second-order valence-corrected chi connectivity index (χ2v) is 3.12. The molecule has 0 spiro atoms. The van der Waals surface area contributed by atoms with E-state index in [0.717, 1.165) is 0 Å². The molecular formula is C7H15NO4. The minimum atomic E-state index is -0.999. The molecule has 1 heterocycles. The third-order valence-electron chi connectivity index (χ3n) is 2.32. The van der Waals surface area contributed by atoms with Gasteiger partial charge in [-0.3, -0.25) is 0 Å². The summed E-state index contributed by atoms with van der Waals surface area (Å²) in [5.41, 5.74) is 0. The van der Waals surface area contributed by atoms with Gasteiger partial charge in [0.1, 0.15) is 0 Å². The molecule has 4 atom stereocenters. The Bertz CT molecular complexity index is 127. The Morgan fingerprint density at radius 3 is 2.25 bits per heavy atom. The summed E-state index contributed by atoms with van der Waals surface area (Å²) < 4.78 is 0. The van der Waals surface area contributed by atoms with Gasteiger partial charge >= 0.3 is 0 Å². The van der Waals surface area contributed by atoms with E-state index in [1.807, 2.05) is 0 Å². The van der Waals surface area contributed by atoms with E-state index in [9.17, 15) is 10.2 Å². The lowest BCUT2D eigenvalue weighted by Crippen LogP contribution is -2.59. The Morgan fingerprint density at radius 1 is 1.08 bits per heavy atom. The normalized spacial score (nSPS) is 43.0. The average molecular weight is 177 g/mol. The molecule has 1 rings (SSSR count). The van der Waals surface area contributed by atoms with Crippen LogP contribution >= 0.6 is 0 Å². The van der Waals surface area contributed by atoms with Crippen LogP contribution in [0.3, 0.4) is 0 Å². The molecule has 0 bridgehead atoms. The highest BCUT2D eigenvalue weighted by Gasteiger charge is 2.36. The van der Waals surface area contributed by atoms with Crippen LogP contribution in [0.4, 0.5) is 0 Å². The fourth-order valence-corrected chi connectivity index (χ4v) is 1.41. The molecule has 5 heteroatoms. The lowest BCUT2D eigenvalue weighted by Gasteiger charge is -2.36. The molecule has 12 heavy (non-hydrogen) atoms. The number of piperidine rings is 1. The zero-order valence-electron chi connectivity index (χ0n) is 6.72. The van der Waals surface area contributed by atoms with Crippen LogP contribution in [0.15, 0.2) is 0 Å². The standard InChI is InChI=1S/C7H15NO4/c9-2-4-1-8-5(3-10)7(12)6(4)11/h4-12H,1-3H2/t4-,5-,6-,7-/m1/s1. The molecule has 1 fully saturated rings. The monoisotopic (exact) mass is 177 g/mol. The van der Waals surface area contributed by atoms with Gasteiger partial charge in [0.2, 0.25) is 0 Å². The third kappa shape index (κ3) is 1.75. The zero-order chi connectivity index (χ0) is 9.14. The molecule has 1 saturated heterocycles. The highest BCUT2D eigenvalue weighted by atomic mass is 16.3. The van der Waals surface area contributed by atoms with Gasteiger partial charge < -0.3 is 25.7 Å². The first-order chi connectivity index (χ1) is 5.70. The van der Waals surface area contributed by atoms with Gasteiger partial charge in [-0.2, -0.15) is 0 Å². The van der Waals surface area contributed by atoms with Crippen LogP contribution in [0.2, 0.25) is 0 Å². The molecule has 0 aromatic carbocycles. The van der Waals surface area contributed by atoms with E-state index >= 15 is 0 Å². The number of nitrogens with one attached hydrogen (secondary N) is 1. The smallest absolute Gasteiger partial charge is 0.0978 e. The number of rotatable bonds is 2. The van der Waals surface area contributed by atoms with Crippen molar-refractivity contribution in [3.8, 4) is 0 Å². The molecular weight excluding hydrogens is 162 g/mol. The first kappa shape index (κ1) is 9.88. The lowest BCUT2D eigenvalue weighted by atomic mass is 9.90. The van der Waals surface area contributed by atoms with Crippen LogP contribution in [0.5, 0.6) is 0 Å². The van der Waals surface area contributed by atoms with Crippen LogP contribution in [0.1, 0.15) is 0 Å². The van der Waals surface area contributed by atoms with Crippen molar-refractivity contribution in [3.05, 3.63) is 0 Å². The van der Waals surface area contributed by atoms with E-state index in [1.165, 1.54) is 0 Å². The fourth-order valence-electron chi connectivity index (χ4n) is 1.41. The van der Waals surface area contributed by atoms with E-state index in [1.54, 1.807) is 0 Å². The summed E-state index contributed by atoms with van der Waals surface area (Å²) in [4.78, 5) is 0. The zero-order valence-corrected chi connectivity index (χ0v) is 6.72. The summed E-state index contributed by atoms with van der Waals surface area (Å²) >= 11 is 0. The maximum Gasteiger partial charge on any atom is 0.0978 e. The maximum atomic E-state index is 9.38. The summed E-state index contributed by atoms with van der Waals surface area (Å²) in [6.07, 6.45) is -1.95. The van der Waals surface area contributed by atoms with Gasteiger partial charge in [0, 0.05) is 19.1 Å². The summed E-state index contributed by atoms with van der Waals surface area (Å²) in [6.45, 7) is 0.0414. The fraction of sp³-hybridized carbons (Fsp3) is 1.00. The van der Waals surface area contributed by atoms with Crippen molar-refractivity contribution >= 4 is 0 Å². The van der Waals surface area contributed by atoms with Gasteiger partial charge in [-0.1, -0.05) is 0 Å². The molecule has 0 amide bonds. The van der Waals surface area contributed by atoms with Crippen LogP contribution in [-0.2, 0) is 0 Å². The molecule has 72 valence electrons. The van der Waals surface area contributed by atoms with Gasteiger partial charge in [0.05, 0.1) is 24.9 Å². The topological polar surface area (TPSA) is 93.0 Å². The molecule has 1 aliphatic heterocycles. The van der Waals surface area contributed by atoms with E-state index in [4.69, 9.17) is 10.2 Å². The van der Waals surface area contributed by atoms with Crippen LogP contribution in [0.25, 0.3) is 0 Å². The molecule has 0 saturated carbocycles.